The molecular weight excluding hydrogens is 244 g/mol. The molecule has 2 aliphatic rings. The summed E-state index contributed by atoms with van der Waals surface area (Å²) in [7, 11) is 0. The molecule has 1 aromatic carbocycles. The minimum Gasteiger partial charge on any atom is -0.373 e. The number of fused-ring (bicyclic) bond motifs is 2. The van der Waals surface area contributed by atoms with Crippen LogP contribution in [-0.4, -0.2) is 23.2 Å². The van der Waals surface area contributed by atoms with Crippen molar-refractivity contribution >= 4 is 5.69 Å². The summed E-state index contributed by atoms with van der Waals surface area (Å²) in [6, 6.07) is 7.32. The van der Waals surface area contributed by atoms with Gasteiger partial charge in [0.05, 0.1) is 17.1 Å². The van der Waals surface area contributed by atoms with Crippen LogP contribution < -0.4 is 5.32 Å². The van der Waals surface area contributed by atoms with Crippen molar-refractivity contribution in [2.24, 2.45) is 0 Å². The molecule has 0 aromatic heterocycles. The third-order valence-electron chi connectivity index (χ3n) is 4.15. The van der Waals surface area contributed by atoms with E-state index in [4.69, 9.17) is 4.74 Å². The summed E-state index contributed by atoms with van der Waals surface area (Å²) in [6.45, 7) is 2.05. The van der Waals surface area contributed by atoms with E-state index in [0.717, 1.165) is 18.4 Å². The van der Waals surface area contributed by atoms with E-state index in [1.165, 1.54) is 12.5 Å². The van der Waals surface area contributed by atoms with Gasteiger partial charge >= 0.3 is 0 Å². The lowest BCUT2D eigenvalue weighted by Crippen LogP contribution is -2.38. The van der Waals surface area contributed by atoms with Crippen molar-refractivity contribution in [3.05, 3.63) is 39.9 Å². The molecule has 5 heteroatoms. The van der Waals surface area contributed by atoms with Crippen molar-refractivity contribution in [1.82, 2.24) is 5.32 Å². The molecular formula is C14H18N2O3. The van der Waals surface area contributed by atoms with Crippen LogP contribution in [0.4, 0.5) is 5.69 Å². The summed E-state index contributed by atoms with van der Waals surface area (Å²) in [6.07, 6.45) is 4.10. The summed E-state index contributed by atoms with van der Waals surface area (Å²) in [4.78, 5) is 10.4. The van der Waals surface area contributed by atoms with E-state index in [1.54, 1.807) is 12.1 Å². The number of hydrogen-bond donors (Lipinski definition) is 1. The Morgan fingerprint density at radius 3 is 2.95 bits per heavy atom. The minimum absolute atomic E-state index is 0.104. The molecule has 102 valence electrons. The van der Waals surface area contributed by atoms with Gasteiger partial charge in [0.2, 0.25) is 0 Å². The average Bonchev–Trinajstić information content (AvgIpc) is 3.01. The van der Waals surface area contributed by atoms with E-state index in [2.05, 4.69) is 5.32 Å². The Morgan fingerprint density at radius 1 is 1.47 bits per heavy atom. The molecule has 2 saturated heterocycles. The summed E-state index contributed by atoms with van der Waals surface area (Å²) in [5.41, 5.74) is 1.10. The molecule has 1 aromatic rings. The van der Waals surface area contributed by atoms with Gasteiger partial charge in [-0.05, 0) is 31.7 Å². The zero-order chi connectivity index (χ0) is 13.4. The molecule has 5 nitrogen and oxygen atoms in total. The Bertz CT molecular complexity index is 491. The maximum Gasteiger partial charge on any atom is 0.269 e. The molecule has 0 spiro atoms. The maximum absolute atomic E-state index is 10.8. The second-order valence-electron chi connectivity index (χ2n) is 5.46. The summed E-state index contributed by atoms with van der Waals surface area (Å²) in [5, 5.41) is 14.3. The lowest BCUT2D eigenvalue weighted by Gasteiger charge is -2.24. The smallest absolute Gasteiger partial charge is 0.269 e. The van der Waals surface area contributed by atoms with Gasteiger partial charge in [0.1, 0.15) is 0 Å². The van der Waals surface area contributed by atoms with Crippen molar-refractivity contribution in [1.29, 1.82) is 0 Å². The van der Waals surface area contributed by atoms with Gasteiger partial charge in [-0.15, -0.1) is 0 Å². The predicted molar refractivity (Wildman–Crippen MR) is 70.9 cm³/mol. The highest BCUT2D eigenvalue weighted by Crippen LogP contribution is 2.35. The molecule has 1 N–H and O–H groups in total. The first-order chi connectivity index (χ1) is 9.13. The molecule has 0 aliphatic carbocycles. The lowest BCUT2D eigenvalue weighted by molar-refractivity contribution is -0.384. The Morgan fingerprint density at radius 2 is 2.32 bits per heavy atom. The third kappa shape index (κ3) is 2.48. The molecule has 0 radical (unpaired) electrons. The Balaban J connectivity index is 1.68. The zero-order valence-corrected chi connectivity index (χ0v) is 10.9. The highest BCUT2D eigenvalue weighted by atomic mass is 16.6. The number of nitro groups is 1. The van der Waals surface area contributed by atoms with Crippen LogP contribution in [0.2, 0.25) is 0 Å². The minimum atomic E-state index is -0.350. The van der Waals surface area contributed by atoms with Crippen LogP contribution in [0.25, 0.3) is 0 Å². The van der Waals surface area contributed by atoms with Gasteiger partial charge in [-0.2, -0.15) is 0 Å². The SMILES string of the molecule is CC(NC1CC2CCC1O2)c1cccc([N+](=O)[O-])c1. The number of nitro benzene ring substituents is 1. The van der Waals surface area contributed by atoms with Crippen LogP contribution in [0.15, 0.2) is 24.3 Å². The number of nitrogens with one attached hydrogen (secondary N) is 1. The van der Waals surface area contributed by atoms with Gasteiger partial charge in [0, 0.05) is 24.2 Å². The van der Waals surface area contributed by atoms with Crippen LogP contribution >= 0.6 is 0 Å². The van der Waals surface area contributed by atoms with Gasteiger partial charge in [-0.25, -0.2) is 0 Å². The van der Waals surface area contributed by atoms with Gasteiger partial charge < -0.3 is 10.1 Å². The number of nitrogens with zero attached hydrogens (tertiary/aromatic N) is 1. The standard InChI is InChI=1S/C14H18N2O3/c1-9(10-3-2-4-11(7-10)16(17)18)15-13-8-12-5-6-14(13)19-12/h2-4,7,9,12-15H,5-6,8H2,1H3. The molecule has 2 heterocycles. The highest BCUT2D eigenvalue weighted by molar-refractivity contribution is 5.35. The van der Waals surface area contributed by atoms with Crippen molar-refractivity contribution in [2.45, 2.75) is 50.5 Å². The summed E-state index contributed by atoms with van der Waals surface area (Å²) >= 11 is 0. The first-order valence-corrected chi connectivity index (χ1v) is 6.79. The number of benzene rings is 1. The zero-order valence-electron chi connectivity index (χ0n) is 10.9. The number of rotatable bonds is 4. The van der Waals surface area contributed by atoms with Crippen molar-refractivity contribution < 1.29 is 9.66 Å². The maximum atomic E-state index is 10.8. The number of hydrogen-bond acceptors (Lipinski definition) is 4. The molecule has 2 aliphatic heterocycles. The van der Waals surface area contributed by atoms with Crippen LogP contribution in [0.5, 0.6) is 0 Å². The topological polar surface area (TPSA) is 64.4 Å². The quantitative estimate of drug-likeness (QED) is 0.669. The molecule has 0 amide bonds. The summed E-state index contributed by atoms with van der Waals surface area (Å²) in [5.74, 6) is 0. The molecule has 19 heavy (non-hydrogen) atoms. The van der Waals surface area contributed by atoms with Crippen molar-refractivity contribution in [3.8, 4) is 0 Å². The predicted octanol–water partition coefficient (Wildman–Crippen LogP) is 2.57. The fourth-order valence-corrected chi connectivity index (χ4v) is 3.14. The van der Waals surface area contributed by atoms with Gasteiger partial charge in [-0.1, -0.05) is 12.1 Å². The average molecular weight is 262 g/mol. The second-order valence-corrected chi connectivity index (χ2v) is 5.46. The highest BCUT2D eigenvalue weighted by Gasteiger charge is 2.41. The molecule has 2 fully saturated rings. The van der Waals surface area contributed by atoms with E-state index in [-0.39, 0.29) is 16.7 Å². The van der Waals surface area contributed by atoms with E-state index in [1.807, 2.05) is 13.0 Å². The van der Waals surface area contributed by atoms with Crippen LogP contribution in [0.3, 0.4) is 0 Å². The number of non-ortho nitro benzene ring substituents is 1. The lowest BCUT2D eigenvalue weighted by atomic mass is 9.94. The monoisotopic (exact) mass is 262 g/mol. The largest absolute Gasteiger partial charge is 0.373 e. The summed E-state index contributed by atoms with van der Waals surface area (Å²) < 4.78 is 5.81. The van der Waals surface area contributed by atoms with E-state index in [9.17, 15) is 10.1 Å². The Hall–Kier alpha value is -1.46. The fourth-order valence-electron chi connectivity index (χ4n) is 3.14. The van der Waals surface area contributed by atoms with Crippen LogP contribution in [0.1, 0.15) is 37.8 Å². The molecule has 0 saturated carbocycles. The van der Waals surface area contributed by atoms with Crippen LogP contribution in [0, 0.1) is 10.1 Å². The van der Waals surface area contributed by atoms with Gasteiger partial charge in [-0.3, -0.25) is 10.1 Å². The van der Waals surface area contributed by atoms with Gasteiger partial charge in [0.25, 0.3) is 5.69 Å². The second kappa shape index (κ2) is 4.90. The normalized spacial score (nSPS) is 30.5. The molecule has 4 atom stereocenters. The van der Waals surface area contributed by atoms with E-state index in [0.29, 0.717) is 18.2 Å². The van der Waals surface area contributed by atoms with Gasteiger partial charge in [0.15, 0.2) is 0 Å². The third-order valence-corrected chi connectivity index (χ3v) is 4.15. The number of ether oxygens (including phenoxy) is 1. The van der Waals surface area contributed by atoms with E-state index >= 15 is 0 Å². The fraction of sp³-hybridized carbons (Fsp3) is 0.571. The Labute approximate surface area is 112 Å². The first kappa shape index (κ1) is 12.6. The molecule has 3 rings (SSSR count). The Kier molecular flexibility index (Phi) is 3.24. The van der Waals surface area contributed by atoms with Crippen molar-refractivity contribution in [3.63, 3.8) is 0 Å². The van der Waals surface area contributed by atoms with Crippen LogP contribution in [-0.2, 0) is 4.74 Å². The van der Waals surface area contributed by atoms with E-state index < -0.39 is 0 Å². The van der Waals surface area contributed by atoms with Crippen molar-refractivity contribution in [2.75, 3.05) is 0 Å². The first-order valence-electron chi connectivity index (χ1n) is 6.79. The molecule has 2 bridgehead atoms. The molecule has 4 unspecified atom stereocenters.